The maximum atomic E-state index is 13.2. The molecule has 0 atom stereocenters. The van der Waals surface area contributed by atoms with Crippen molar-refractivity contribution in [3.63, 3.8) is 0 Å². The highest BCUT2D eigenvalue weighted by Gasteiger charge is 2.06. The van der Waals surface area contributed by atoms with E-state index in [1.54, 1.807) is 18.5 Å². The number of anilines is 1. The van der Waals surface area contributed by atoms with E-state index >= 15 is 0 Å². The molecule has 0 spiro atoms. The van der Waals surface area contributed by atoms with Crippen molar-refractivity contribution in [2.45, 2.75) is 19.9 Å². The number of aromatic nitrogens is 2. The lowest BCUT2D eigenvalue weighted by Crippen LogP contribution is -2.11. The fourth-order valence-corrected chi connectivity index (χ4v) is 1.96. The van der Waals surface area contributed by atoms with Crippen LogP contribution in [0.2, 0.25) is 0 Å². The molecule has 0 aliphatic rings. The molecule has 0 saturated heterocycles. The van der Waals surface area contributed by atoms with Gasteiger partial charge in [0.25, 0.3) is 0 Å². The lowest BCUT2D eigenvalue weighted by Gasteiger charge is -2.10. The molecule has 1 aromatic heterocycles. The first-order chi connectivity index (χ1) is 10.2. The normalized spacial score (nSPS) is 10.8. The summed E-state index contributed by atoms with van der Waals surface area (Å²) in [5.41, 5.74) is 0.685. The van der Waals surface area contributed by atoms with E-state index < -0.39 is 11.6 Å². The van der Waals surface area contributed by atoms with Gasteiger partial charge in [0.2, 0.25) is 5.95 Å². The fraction of sp³-hybridized carbons (Fsp3) is 0.400. The maximum Gasteiger partial charge on any atom is 0.203 e. The van der Waals surface area contributed by atoms with Crippen molar-refractivity contribution in [3.8, 4) is 0 Å². The molecule has 0 unspecified atom stereocenters. The minimum Gasteiger partial charge on any atom is -0.382 e. The molecule has 6 heteroatoms. The van der Waals surface area contributed by atoms with Gasteiger partial charge in [0.15, 0.2) is 11.6 Å². The average Bonchev–Trinajstić information content (AvgIpc) is 2.90. The van der Waals surface area contributed by atoms with Crippen LogP contribution in [0.15, 0.2) is 30.6 Å². The fourth-order valence-electron chi connectivity index (χ4n) is 1.96. The first-order valence-corrected chi connectivity index (χ1v) is 6.97. The van der Waals surface area contributed by atoms with E-state index in [0.29, 0.717) is 31.3 Å². The molecule has 114 valence electrons. The molecular weight excluding hydrogens is 276 g/mol. The third-order valence-electron chi connectivity index (χ3n) is 3.01. The Morgan fingerprint density at radius 3 is 2.90 bits per heavy atom. The van der Waals surface area contributed by atoms with Gasteiger partial charge < -0.3 is 14.6 Å². The zero-order chi connectivity index (χ0) is 15.1. The zero-order valence-corrected chi connectivity index (χ0v) is 12.0. The zero-order valence-electron chi connectivity index (χ0n) is 12.0. The third-order valence-corrected chi connectivity index (χ3v) is 3.01. The highest BCUT2D eigenvalue weighted by Crippen LogP contribution is 2.13. The number of halogens is 2. The van der Waals surface area contributed by atoms with Crippen LogP contribution in [-0.2, 0) is 11.3 Å². The molecule has 0 fully saturated rings. The topological polar surface area (TPSA) is 39.1 Å². The van der Waals surface area contributed by atoms with Crippen molar-refractivity contribution in [3.05, 3.63) is 47.8 Å². The Balaban J connectivity index is 1.92. The van der Waals surface area contributed by atoms with E-state index in [-0.39, 0.29) is 0 Å². The Kier molecular flexibility index (Phi) is 5.68. The van der Waals surface area contributed by atoms with Crippen LogP contribution >= 0.6 is 0 Å². The van der Waals surface area contributed by atoms with Crippen molar-refractivity contribution in [1.29, 1.82) is 0 Å². The average molecular weight is 295 g/mol. The van der Waals surface area contributed by atoms with Gasteiger partial charge in [-0.1, -0.05) is 6.07 Å². The second kappa shape index (κ2) is 7.73. The summed E-state index contributed by atoms with van der Waals surface area (Å²) in [6, 6.07) is 3.91. The van der Waals surface area contributed by atoms with Crippen molar-refractivity contribution in [2.24, 2.45) is 0 Å². The number of imidazole rings is 1. The number of nitrogens with zero attached hydrogens (tertiary/aromatic N) is 2. The van der Waals surface area contributed by atoms with Crippen LogP contribution in [0.25, 0.3) is 0 Å². The van der Waals surface area contributed by atoms with Crippen LogP contribution in [0.4, 0.5) is 14.7 Å². The Labute approximate surface area is 122 Å². The predicted molar refractivity (Wildman–Crippen MR) is 77.3 cm³/mol. The Bertz CT molecular complexity index is 572. The molecule has 1 heterocycles. The lowest BCUT2D eigenvalue weighted by molar-refractivity contribution is 0.147. The smallest absolute Gasteiger partial charge is 0.203 e. The van der Waals surface area contributed by atoms with Gasteiger partial charge in [-0.3, -0.25) is 0 Å². The van der Waals surface area contributed by atoms with Crippen LogP contribution in [-0.4, -0.2) is 29.3 Å². The molecule has 21 heavy (non-hydrogen) atoms. The second-order valence-electron chi connectivity index (χ2n) is 4.60. The molecular formula is C15H19F2N3O. The standard InChI is InChI=1S/C15H19F2N3O/c1-2-21-9-3-6-18-15-19-7-8-20(15)11-12-4-5-13(16)14(17)10-12/h4-5,7-8,10H,2-3,6,9,11H2,1H3,(H,18,19). The highest BCUT2D eigenvalue weighted by molar-refractivity contribution is 5.28. The minimum atomic E-state index is -0.835. The van der Waals surface area contributed by atoms with E-state index in [1.807, 2.05) is 11.5 Å². The summed E-state index contributed by atoms with van der Waals surface area (Å²) >= 11 is 0. The SMILES string of the molecule is CCOCCCNc1nccn1Cc1ccc(F)c(F)c1. The molecule has 0 aliphatic carbocycles. The van der Waals surface area contributed by atoms with Gasteiger partial charge in [-0.25, -0.2) is 13.8 Å². The quantitative estimate of drug-likeness (QED) is 0.761. The molecule has 2 aromatic rings. The summed E-state index contributed by atoms with van der Waals surface area (Å²) in [6.07, 6.45) is 4.35. The highest BCUT2D eigenvalue weighted by atomic mass is 19.2. The summed E-state index contributed by atoms with van der Waals surface area (Å²) < 4.78 is 33.2. The summed E-state index contributed by atoms with van der Waals surface area (Å²) in [5.74, 6) is -0.964. The molecule has 2 rings (SSSR count). The van der Waals surface area contributed by atoms with E-state index in [0.717, 1.165) is 19.0 Å². The van der Waals surface area contributed by atoms with Gasteiger partial charge >= 0.3 is 0 Å². The van der Waals surface area contributed by atoms with E-state index in [4.69, 9.17) is 4.74 Å². The number of rotatable bonds is 8. The van der Waals surface area contributed by atoms with Crippen molar-refractivity contribution < 1.29 is 13.5 Å². The first-order valence-electron chi connectivity index (χ1n) is 6.97. The first kappa shape index (κ1) is 15.4. The Morgan fingerprint density at radius 1 is 1.29 bits per heavy atom. The summed E-state index contributed by atoms with van der Waals surface area (Å²) in [4.78, 5) is 4.21. The number of hydrogen-bond acceptors (Lipinski definition) is 3. The molecule has 1 N–H and O–H groups in total. The molecule has 0 aliphatic heterocycles. The van der Waals surface area contributed by atoms with E-state index in [2.05, 4.69) is 10.3 Å². The number of ether oxygens (including phenoxy) is 1. The molecule has 4 nitrogen and oxygen atoms in total. The monoisotopic (exact) mass is 295 g/mol. The lowest BCUT2D eigenvalue weighted by atomic mass is 10.2. The predicted octanol–water partition coefficient (Wildman–Crippen LogP) is 3.05. The van der Waals surface area contributed by atoms with Crippen molar-refractivity contribution in [2.75, 3.05) is 25.1 Å². The maximum absolute atomic E-state index is 13.2. The van der Waals surface area contributed by atoms with Crippen LogP contribution in [0.3, 0.4) is 0 Å². The van der Waals surface area contributed by atoms with Crippen LogP contribution in [0, 0.1) is 11.6 Å². The Hall–Kier alpha value is -1.95. The van der Waals surface area contributed by atoms with Crippen LogP contribution in [0.1, 0.15) is 18.9 Å². The molecule has 0 amide bonds. The largest absolute Gasteiger partial charge is 0.382 e. The van der Waals surface area contributed by atoms with Crippen LogP contribution < -0.4 is 5.32 Å². The molecule has 0 bridgehead atoms. The second-order valence-corrected chi connectivity index (χ2v) is 4.60. The van der Waals surface area contributed by atoms with E-state index in [1.165, 1.54) is 6.07 Å². The third kappa shape index (κ3) is 4.53. The van der Waals surface area contributed by atoms with Gasteiger partial charge in [-0.2, -0.15) is 0 Å². The van der Waals surface area contributed by atoms with E-state index in [9.17, 15) is 8.78 Å². The molecule has 0 radical (unpaired) electrons. The van der Waals surface area contributed by atoms with Gasteiger partial charge in [-0.05, 0) is 31.0 Å². The van der Waals surface area contributed by atoms with Gasteiger partial charge in [0, 0.05) is 32.2 Å². The summed E-state index contributed by atoms with van der Waals surface area (Å²) in [5, 5.41) is 3.20. The molecule has 0 saturated carbocycles. The van der Waals surface area contributed by atoms with Gasteiger partial charge in [0.05, 0.1) is 6.54 Å². The number of benzene rings is 1. The van der Waals surface area contributed by atoms with Crippen LogP contribution in [0.5, 0.6) is 0 Å². The van der Waals surface area contributed by atoms with Gasteiger partial charge in [-0.15, -0.1) is 0 Å². The number of hydrogen-bond donors (Lipinski definition) is 1. The van der Waals surface area contributed by atoms with Crippen molar-refractivity contribution in [1.82, 2.24) is 9.55 Å². The number of nitrogens with one attached hydrogen (secondary N) is 1. The minimum absolute atomic E-state index is 0.436. The summed E-state index contributed by atoms with van der Waals surface area (Å²) in [7, 11) is 0. The Morgan fingerprint density at radius 2 is 2.14 bits per heavy atom. The molecule has 1 aromatic carbocycles. The van der Waals surface area contributed by atoms with Crippen molar-refractivity contribution >= 4 is 5.95 Å². The summed E-state index contributed by atoms with van der Waals surface area (Å²) in [6.45, 7) is 4.56. The van der Waals surface area contributed by atoms with Gasteiger partial charge in [0.1, 0.15) is 0 Å².